The molecule has 5 rings (SSSR count). The monoisotopic (exact) mass is 581 g/mol. The molecule has 4 aromatic rings. The number of carbonyl (C=O) groups is 2. The second-order valence-corrected chi connectivity index (χ2v) is 10.9. The number of alkyl halides is 2. The number of halogens is 2. The lowest BCUT2D eigenvalue weighted by atomic mass is 9.91. The first-order valence-corrected chi connectivity index (χ1v) is 14.1. The van der Waals surface area contributed by atoms with Crippen LogP contribution in [0.2, 0.25) is 0 Å². The van der Waals surface area contributed by atoms with Gasteiger partial charge >= 0.3 is 0 Å². The molecule has 1 aliphatic rings. The van der Waals surface area contributed by atoms with E-state index in [-0.39, 0.29) is 22.6 Å². The Kier molecular flexibility index (Phi) is 8.41. The average Bonchev–Trinajstić information content (AvgIpc) is 3.85. The number of hydroxylamine groups is 1. The fourth-order valence-corrected chi connectivity index (χ4v) is 5.26. The summed E-state index contributed by atoms with van der Waals surface area (Å²) in [5.41, 5.74) is 7.66. The van der Waals surface area contributed by atoms with Gasteiger partial charge in [-0.15, -0.1) is 0 Å². The molecule has 0 radical (unpaired) electrons. The molecule has 0 bridgehead atoms. The zero-order valence-electron chi connectivity index (χ0n) is 24.2. The van der Waals surface area contributed by atoms with Crippen molar-refractivity contribution in [3.8, 4) is 22.3 Å². The topological polar surface area (TPSA) is 90.5 Å². The molecular weight excluding hydrogens is 548 g/mol. The molecule has 4 aromatic carbocycles. The Morgan fingerprint density at radius 1 is 0.814 bits per heavy atom. The van der Waals surface area contributed by atoms with Crippen LogP contribution in [-0.2, 0) is 10.7 Å². The number of hydrogen-bond acceptors (Lipinski definition) is 4. The van der Waals surface area contributed by atoms with E-state index in [4.69, 9.17) is 0 Å². The molecule has 0 atom stereocenters. The smallest absolute Gasteiger partial charge is 0.276 e. The Bertz CT molecular complexity index is 1690. The summed E-state index contributed by atoms with van der Waals surface area (Å²) in [6, 6.07) is 26.8. The second kappa shape index (κ2) is 12.2. The molecule has 1 aliphatic carbocycles. The van der Waals surface area contributed by atoms with Gasteiger partial charge in [0.15, 0.2) is 0 Å². The fraction of sp³-hybridized carbons (Fsp3) is 0.200. The predicted molar refractivity (Wildman–Crippen MR) is 164 cm³/mol. The summed E-state index contributed by atoms with van der Waals surface area (Å²) in [5, 5.41) is 15.0. The van der Waals surface area contributed by atoms with Crippen LogP contribution < -0.4 is 16.1 Å². The highest BCUT2D eigenvalue weighted by atomic mass is 19.3. The van der Waals surface area contributed by atoms with Crippen molar-refractivity contribution in [3.05, 3.63) is 125 Å². The maximum atomic E-state index is 14.6. The highest BCUT2D eigenvalue weighted by Crippen LogP contribution is 2.49. The summed E-state index contributed by atoms with van der Waals surface area (Å²) in [6.45, 7) is 5.50. The van der Waals surface area contributed by atoms with Crippen LogP contribution in [0.5, 0.6) is 0 Å². The maximum absolute atomic E-state index is 14.6. The summed E-state index contributed by atoms with van der Waals surface area (Å²) in [4.78, 5) is 26.6. The van der Waals surface area contributed by atoms with E-state index in [0.29, 0.717) is 18.4 Å². The SMILES string of the molecule is C/C(NC(=O)c1cc(-c2ccccc2)cc(-c2c(C)cccc2C)c1)=C(/NO)C(=O)Nc1cccc(C(F)(F)C2CC2)c1. The van der Waals surface area contributed by atoms with Gasteiger partial charge < -0.3 is 10.6 Å². The molecule has 1 fully saturated rings. The van der Waals surface area contributed by atoms with Gasteiger partial charge in [0.05, 0.1) is 0 Å². The molecule has 8 heteroatoms. The third kappa shape index (κ3) is 6.49. The van der Waals surface area contributed by atoms with Crippen molar-refractivity contribution >= 4 is 17.5 Å². The lowest BCUT2D eigenvalue weighted by molar-refractivity contribution is -0.114. The van der Waals surface area contributed by atoms with E-state index in [0.717, 1.165) is 33.4 Å². The van der Waals surface area contributed by atoms with E-state index >= 15 is 0 Å². The van der Waals surface area contributed by atoms with Crippen LogP contribution >= 0.6 is 0 Å². The number of hydrogen-bond donors (Lipinski definition) is 4. The van der Waals surface area contributed by atoms with Gasteiger partial charge in [-0.05, 0) is 97.3 Å². The standard InChI is InChI=1S/C35H33F2N3O3/c1-21-9-7-10-22(2)31(21)26-17-25(24-11-5-4-6-12-24)18-27(19-26)33(41)38-23(3)32(40-43)34(42)39-30-14-8-13-29(20-30)35(36,37)28-15-16-28/h4-14,17-20,28,40,43H,15-16H2,1-3H3,(H,38,41)(H,39,42)/b32-23-. The minimum atomic E-state index is -2.98. The lowest BCUT2D eigenvalue weighted by Gasteiger charge is -2.18. The molecule has 1 saturated carbocycles. The van der Waals surface area contributed by atoms with Gasteiger partial charge in [0, 0.05) is 28.4 Å². The van der Waals surface area contributed by atoms with Gasteiger partial charge in [-0.1, -0.05) is 60.7 Å². The second-order valence-electron chi connectivity index (χ2n) is 10.9. The van der Waals surface area contributed by atoms with Crippen molar-refractivity contribution in [1.82, 2.24) is 10.8 Å². The molecular formula is C35H33F2N3O3. The number of anilines is 1. The quantitative estimate of drug-likeness (QED) is 0.120. The van der Waals surface area contributed by atoms with Crippen molar-refractivity contribution < 1.29 is 23.6 Å². The Morgan fingerprint density at radius 3 is 2.12 bits per heavy atom. The number of aryl methyl sites for hydroxylation is 2. The van der Waals surface area contributed by atoms with Gasteiger partial charge in [-0.2, -0.15) is 0 Å². The van der Waals surface area contributed by atoms with Gasteiger partial charge in [0.1, 0.15) is 5.70 Å². The van der Waals surface area contributed by atoms with Crippen molar-refractivity contribution in [2.75, 3.05) is 5.32 Å². The van der Waals surface area contributed by atoms with E-state index in [1.165, 1.54) is 31.2 Å². The largest absolute Gasteiger partial charge is 0.324 e. The van der Waals surface area contributed by atoms with E-state index in [2.05, 4.69) is 10.6 Å². The first kappa shape index (κ1) is 29.7. The number of benzene rings is 4. The van der Waals surface area contributed by atoms with E-state index < -0.39 is 23.7 Å². The van der Waals surface area contributed by atoms with Crippen molar-refractivity contribution in [1.29, 1.82) is 0 Å². The molecule has 0 saturated heterocycles. The van der Waals surface area contributed by atoms with Gasteiger partial charge in [-0.3, -0.25) is 20.3 Å². The van der Waals surface area contributed by atoms with Crippen LogP contribution in [0.3, 0.4) is 0 Å². The number of allylic oxidation sites excluding steroid dienone is 1. The van der Waals surface area contributed by atoms with Crippen molar-refractivity contribution in [3.63, 3.8) is 0 Å². The zero-order chi connectivity index (χ0) is 30.7. The van der Waals surface area contributed by atoms with Crippen LogP contribution in [-0.4, -0.2) is 17.0 Å². The van der Waals surface area contributed by atoms with Crippen LogP contribution in [0.1, 0.15) is 46.8 Å². The number of nitrogens with one attached hydrogen (secondary N) is 3. The molecule has 4 N–H and O–H groups in total. The molecule has 0 heterocycles. The van der Waals surface area contributed by atoms with Gasteiger partial charge in [0.2, 0.25) is 0 Å². The predicted octanol–water partition coefficient (Wildman–Crippen LogP) is 7.72. The first-order chi connectivity index (χ1) is 20.6. The highest BCUT2D eigenvalue weighted by Gasteiger charge is 2.48. The zero-order valence-corrected chi connectivity index (χ0v) is 24.2. The summed E-state index contributed by atoms with van der Waals surface area (Å²) in [5.74, 6) is -4.97. The minimum Gasteiger partial charge on any atom is -0.324 e. The Hall–Kier alpha value is -4.82. The highest BCUT2D eigenvalue weighted by molar-refractivity contribution is 6.05. The summed E-state index contributed by atoms with van der Waals surface area (Å²) in [6.07, 6.45) is 0.925. The molecule has 43 heavy (non-hydrogen) atoms. The molecule has 0 spiro atoms. The van der Waals surface area contributed by atoms with Crippen LogP contribution in [0, 0.1) is 19.8 Å². The number of amides is 2. The third-order valence-electron chi connectivity index (χ3n) is 7.68. The Morgan fingerprint density at radius 2 is 1.47 bits per heavy atom. The Labute approximate surface area is 249 Å². The maximum Gasteiger partial charge on any atom is 0.276 e. The van der Waals surface area contributed by atoms with E-state index in [1.807, 2.05) is 73.9 Å². The lowest BCUT2D eigenvalue weighted by Crippen LogP contribution is -2.31. The van der Waals surface area contributed by atoms with Gasteiger partial charge in [-0.25, -0.2) is 8.78 Å². The summed E-state index contributed by atoms with van der Waals surface area (Å²) < 4.78 is 29.2. The number of rotatable bonds is 9. The van der Waals surface area contributed by atoms with Crippen LogP contribution in [0.15, 0.2) is 102 Å². The number of carbonyl (C=O) groups excluding carboxylic acids is 2. The van der Waals surface area contributed by atoms with Gasteiger partial charge in [0.25, 0.3) is 17.7 Å². The molecule has 220 valence electrons. The molecule has 6 nitrogen and oxygen atoms in total. The third-order valence-corrected chi connectivity index (χ3v) is 7.68. The first-order valence-electron chi connectivity index (χ1n) is 14.1. The van der Waals surface area contributed by atoms with E-state index in [1.54, 1.807) is 12.1 Å². The molecule has 2 amide bonds. The average molecular weight is 582 g/mol. The Balaban J connectivity index is 1.43. The molecule has 0 aromatic heterocycles. The molecule has 0 aliphatic heterocycles. The van der Waals surface area contributed by atoms with Crippen molar-refractivity contribution in [2.45, 2.75) is 39.5 Å². The van der Waals surface area contributed by atoms with Crippen LogP contribution in [0.4, 0.5) is 14.5 Å². The normalized spacial score (nSPS) is 13.6. The summed E-state index contributed by atoms with van der Waals surface area (Å²) in [7, 11) is 0. The van der Waals surface area contributed by atoms with Crippen LogP contribution in [0.25, 0.3) is 22.3 Å². The summed E-state index contributed by atoms with van der Waals surface area (Å²) >= 11 is 0. The fourth-order valence-electron chi connectivity index (χ4n) is 5.26. The van der Waals surface area contributed by atoms with E-state index in [9.17, 15) is 23.6 Å². The minimum absolute atomic E-state index is 0.0446. The van der Waals surface area contributed by atoms with Crippen molar-refractivity contribution in [2.24, 2.45) is 5.92 Å². The molecule has 0 unspecified atom stereocenters.